The van der Waals surface area contributed by atoms with Gasteiger partial charge < -0.3 is 14.6 Å². The molecule has 1 aromatic heterocycles. The molecular weight excluding hydrogens is 368 g/mol. The van der Waals surface area contributed by atoms with Crippen molar-refractivity contribution >= 4 is 28.6 Å². The van der Waals surface area contributed by atoms with Gasteiger partial charge in [0.15, 0.2) is 16.7 Å². The van der Waals surface area contributed by atoms with Gasteiger partial charge in [-0.3, -0.25) is 14.2 Å². The van der Waals surface area contributed by atoms with Gasteiger partial charge in [0.2, 0.25) is 6.79 Å². The van der Waals surface area contributed by atoms with Gasteiger partial charge in [-0.25, -0.2) is 4.98 Å². The normalized spacial score (nSPS) is 12.4. The van der Waals surface area contributed by atoms with Crippen LogP contribution in [-0.4, -0.2) is 27.4 Å². The number of para-hydroxylation sites is 1. The fourth-order valence-electron chi connectivity index (χ4n) is 2.84. The van der Waals surface area contributed by atoms with Crippen LogP contribution >= 0.6 is 11.8 Å². The second-order valence-electron chi connectivity index (χ2n) is 5.99. The van der Waals surface area contributed by atoms with E-state index >= 15 is 0 Å². The number of thioether (sulfide) groups is 1. The Hall–Kier alpha value is -3.00. The highest BCUT2D eigenvalue weighted by atomic mass is 32.2. The van der Waals surface area contributed by atoms with Crippen LogP contribution in [-0.2, 0) is 17.1 Å². The Morgan fingerprint density at radius 2 is 2.00 bits per heavy atom. The molecule has 7 nitrogen and oxygen atoms in total. The molecular formula is C19H16N2O5S. The second-order valence-corrected chi connectivity index (χ2v) is 6.93. The standard InChI is InChI=1S/C19H16N2O5S/c22-17(23)7-8-21-18(24)13-3-1-2-4-14(13)20-19(21)27-10-12-5-6-15-16(9-12)26-11-25-15/h1-6,9H,7-8,10-11H2,(H,22,23). The molecule has 3 aromatic rings. The third kappa shape index (κ3) is 3.61. The average Bonchev–Trinajstić information content (AvgIpc) is 3.13. The van der Waals surface area contributed by atoms with Gasteiger partial charge in [-0.05, 0) is 29.8 Å². The zero-order chi connectivity index (χ0) is 18.8. The molecule has 0 fully saturated rings. The van der Waals surface area contributed by atoms with Crippen molar-refractivity contribution in [3.63, 3.8) is 0 Å². The van der Waals surface area contributed by atoms with E-state index < -0.39 is 5.97 Å². The predicted molar refractivity (Wildman–Crippen MR) is 100 cm³/mol. The molecule has 8 heteroatoms. The maximum Gasteiger partial charge on any atom is 0.305 e. The lowest BCUT2D eigenvalue weighted by atomic mass is 10.2. The van der Waals surface area contributed by atoms with Crippen molar-refractivity contribution < 1.29 is 19.4 Å². The van der Waals surface area contributed by atoms with Gasteiger partial charge >= 0.3 is 5.97 Å². The number of aliphatic carboxylic acids is 1. The molecule has 0 amide bonds. The number of hydrogen-bond acceptors (Lipinski definition) is 6. The van der Waals surface area contributed by atoms with Crippen molar-refractivity contribution in [1.29, 1.82) is 0 Å². The molecule has 0 spiro atoms. The minimum atomic E-state index is -0.957. The smallest absolute Gasteiger partial charge is 0.305 e. The molecule has 1 aliphatic heterocycles. The second kappa shape index (κ2) is 7.32. The molecule has 0 unspecified atom stereocenters. The molecule has 0 aliphatic carbocycles. The number of fused-ring (bicyclic) bond motifs is 2. The van der Waals surface area contributed by atoms with E-state index in [0.717, 1.165) is 5.56 Å². The minimum absolute atomic E-state index is 0.0788. The van der Waals surface area contributed by atoms with E-state index in [4.69, 9.17) is 14.6 Å². The highest BCUT2D eigenvalue weighted by Gasteiger charge is 2.15. The first-order valence-electron chi connectivity index (χ1n) is 8.34. The summed E-state index contributed by atoms with van der Waals surface area (Å²) < 4.78 is 12.1. The van der Waals surface area contributed by atoms with Crippen LogP contribution < -0.4 is 15.0 Å². The van der Waals surface area contributed by atoms with Crippen LogP contribution in [0.3, 0.4) is 0 Å². The van der Waals surface area contributed by atoms with E-state index in [1.54, 1.807) is 18.2 Å². The summed E-state index contributed by atoms with van der Waals surface area (Å²) in [4.78, 5) is 28.4. The fraction of sp³-hybridized carbons (Fsp3) is 0.211. The Balaban J connectivity index is 1.65. The molecule has 0 atom stereocenters. The van der Waals surface area contributed by atoms with Crippen molar-refractivity contribution in [2.24, 2.45) is 0 Å². The van der Waals surface area contributed by atoms with Gasteiger partial charge in [0.1, 0.15) is 0 Å². The monoisotopic (exact) mass is 384 g/mol. The van der Waals surface area contributed by atoms with Gasteiger partial charge in [0.05, 0.1) is 17.3 Å². The fourth-order valence-corrected chi connectivity index (χ4v) is 3.81. The molecule has 0 bridgehead atoms. The topological polar surface area (TPSA) is 90.7 Å². The summed E-state index contributed by atoms with van der Waals surface area (Å²) in [6.07, 6.45) is -0.141. The lowest BCUT2D eigenvalue weighted by molar-refractivity contribution is -0.137. The molecule has 2 aromatic carbocycles. The third-order valence-corrected chi connectivity index (χ3v) is 5.23. The first-order valence-corrected chi connectivity index (χ1v) is 9.33. The van der Waals surface area contributed by atoms with Crippen molar-refractivity contribution in [3.8, 4) is 11.5 Å². The predicted octanol–water partition coefficient (Wildman–Crippen LogP) is 2.89. The Kier molecular flexibility index (Phi) is 4.72. The summed E-state index contributed by atoms with van der Waals surface area (Å²) in [5, 5.41) is 9.98. The summed E-state index contributed by atoms with van der Waals surface area (Å²) >= 11 is 1.39. The van der Waals surface area contributed by atoms with Gasteiger partial charge in [0.25, 0.3) is 5.56 Å². The quantitative estimate of drug-likeness (QED) is 0.516. The van der Waals surface area contributed by atoms with Crippen molar-refractivity contribution in [3.05, 3.63) is 58.4 Å². The third-order valence-electron chi connectivity index (χ3n) is 4.18. The molecule has 1 aliphatic rings. The highest BCUT2D eigenvalue weighted by molar-refractivity contribution is 7.98. The molecule has 0 saturated carbocycles. The van der Waals surface area contributed by atoms with E-state index in [0.29, 0.717) is 33.3 Å². The van der Waals surface area contributed by atoms with E-state index in [1.165, 1.54) is 16.3 Å². The number of aromatic nitrogens is 2. The summed E-state index contributed by atoms with van der Waals surface area (Å²) in [5.74, 6) is 1.02. The first kappa shape index (κ1) is 17.4. The summed E-state index contributed by atoms with van der Waals surface area (Å²) in [7, 11) is 0. The van der Waals surface area contributed by atoms with Crippen molar-refractivity contribution in [2.75, 3.05) is 6.79 Å². The molecule has 4 rings (SSSR count). The number of carboxylic acid groups (broad SMARTS) is 1. The lowest BCUT2D eigenvalue weighted by Crippen LogP contribution is -2.24. The number of nitrogens with zero attached hydrogens (tertiary/aromatic N) is 2. The number of carboxylic acids is 1. The van der Waals surface area contributed by atoms with Crippen LogP contribution in [0.1, 0.15) is 12.0 Å². The molecule has 2 heterocycles. The van der Waals surface area contributed by atoms with Crippen molar-refractivity contribution in [2.45, 2.75) is 23.9 Å². The summed E-state index contributed by atoms with van der Waals surface area (Å²) in [6, 6.07) is 12.8. The molecule has 1 N–H and O–H groups in total. The number of rotatable bonds is 6. The molecule has 0 saturated heterocycles. The maximum atomic E-state index is 12.8. The van der Waals surface area contributed by atoms with Gasteiger partial charge in [-0.15, -0.1) is 0 Å². The first-order chi connectivity index (χ1) is 13.1. The number of ether oxygens (including phenoxy) is 2. The van der Waals surface area contributed by atoms with E-state index in [2.05, 4.69) is 4.98 Å². The zero-order valence-electron chi connectivity index (χ0n) is 14.3. The molecule has 0 radical (unpaired) electrons. The lowest BCUT2D eigenvalue weighted by Gasteiger charge is -2.12. The number of benzene rings is 2. The Morgan fingerprint density at radius 1 is 1.19 bits per heavy atom. The van der Waals surface area contributed by atoms with Gasteiger partial charge in [-0.1, -0.05) is 30.0 Å². The van der Waals surface area contributed by atoms with Crippen LogP contribution in [0.4, 0.5) is 0 Å². The maximum absolute atomic E-state index is 12.8. The summed E-state index contributed by atoms with van der Waals surface area (Å²) in [6.45, 7) is 0.294. The van der Waals surface area contributed by atoms with E-state index in [1.807, 2.05) is 24.3 Å². The van der Waals surface area contributed by atoms with Gasteiger partial charge in [-0.2, -0.15) is 0 Å². The van der Waals surface area contributed by atoms with Crippen molar-refractivity contribution in [1.82, 2.24) is 9.55 Å². The highest BCUT2D eigenvalue weighted by Crippen LogP contribution is 2.34. The van der Waals surface area contributed by atoms with Crippen LogP contribution in [0, 0.1) is 0 Å². The Labute approximate surface area is 158 Å². The van der Waals surface area contributed by atoms with E-state index in [-0.39, 0.29) is 25.3 Å². The summed E-state index contributed by atoms with van der Waals surface area (Å²) in [5.41, 5.74) is 1.37. The Bertz CT molecular complexity index is 1080. The largest absolute Gasteiger partial charge is 0.481 e. The average molecular weight is 384 g/mol. The van der Waals surface area contributed by atoms with Gasteiger partial charge in [0, 0.05) is 12.3 Å². The number of hydrogen-bond donors (Lipinski definition) is 1. The minimum Gasteiger partial charge on any atom is -0.481 e. The van der Waals surface area contributed by atoms with Crippen LogP contribution in [0.25, 0.3) is 10.9 Å². The van der Waals surface area contributed by atoms with Crippen LogP contribution in [0.15, 0.2) is 52.4 Å². The van der Waals surface area contributed by atoms with Crippen LogP contribution in [0.2, 0.25) is 0 Å². The zero-order valence-corrected chi connectivity index (χ0v) is 15.1. The van der Waals surface area contributed by atoms with E-state index in [9.17, 15) is 9.59 Å². The molecule has 138 valence electrons. The number of carbonyl (C=O) groups is 1. The Morgan fingerprint density at radius 3 is 2.85 bits per heavy atom. The molecule has 27 heavy (non-hydrogen) atoms. The van der Waals surface area contributed by atoms with Crippen LogP contribution in [0.5, 0.6) is 11.5 Å². The SMILES string of the molecule is O=C(O)CCn1c(SCc2ccc3c(c2)OCO3)nc2ccccc2c1=O.